The quantitative estimate of drug-likeness (QED) is 0.822. The summed E-state index contributed by atoms with van der Waals surface area (Å²) >= 11 is 11.8. The molecule has 0 spiro atoms. The van der Waals surface area contributed by atoms with Gasteiger partial charge < -0.3 is 10.4 Å². The molecule has 1 aromatic carbocycles. The number of nitrogens with one attached hydrogen (secondary N) is 1. The van der Waals surface area contributed by atoms with E-state index in [1.54, 1.807) is 25.1 Å². The number of hydrogen-bond donors (Lipinski definition) is 2. The summed E-state index contributed by atoms with van der Waals surface area (Å²) in [6, 6.07) is 4.65. The van der Waals surface area contributed by atoms with Crippen LogP contribution in [0.4, 0.5) is 0 Å². The number of carboxylic acids is 1. The van der Waals surface area contributed by atoms with E-state index in [2.05, 4.69) is 5.32 Å². The van der Waals surface area contributed by atoms with Crippen LogP contribution in [0.1, 0.15) is 18.9 Å². The summed E-state index contributed by atoms with van der Waals surface area (Å²) in [5, 5.41) is 11.9. The lowest BCUT2D eigenvalue weighted by Gasteiger charge is -2.09. The molecule has 1 amide bonds. The number of benzene rings is 1. The van der Waals surface area contributed by atoms with E-state index < -0.39 is 12.0 Å². The van der Waals surface area contributed by atoms with Crippen LogP contribution in [-0.2, 0) is 9.59 Å². The Kier molecular flexibility index (Phi) is 5.86. The molecule has 0 radical (unpaired) electrons. The normalized spacial score (nSPS) is 12.4. The second-order valence-corrected chi connectivity index (χ2v) is 4.77. The van der Waals surface area contributed by atoms with E-state index in [1.807, 2.05) is 0 Å². The Labute approximate surface area is 121 Å². The van der Waals surface area contributed by atoms with Gasteiger partial charge in [-0.2, -0.15) is 0 Å². The summed E-state index contributed by atoms with van der Waals surface area (Å²) in [6.45, 7) is 1.62. The van der Waals surface area contributed by atoms with Crippen molar-refractivity contribution in [1.82, 2.24) is 5.32 Å². The van der Waals surface area contributed by atoms with Crippen LogP contribution in [-0.4, -0.2) is 23.0 Å². The maximum Gasteiger partial charge on any atom is 0.305 e. The maximum absolute atomic E-state index is 11.5. The number of amides is 1. The highest BCUT2D eigenvalue weighted by molar-refractivity contribution is 6.42. The molecule has 102 valence electrons. The first-order valence-corrected chi connectivity index (χ1v) is 6.30. The van der Waals surface area contributed by atoms with Crippen molar-refractivity contribution in [3.8, 4) is 0 Å². The largest absolute Gasteiger partial charge is 0.481 e. The summed E-state index contributed by atoms with van der Waals surface area (Å²) in [5.41, 5.74) is 0.621. The third kappa shape index (κ3) is 5.32. The molecule has 1 atom stereocenters. The molecule has 0 fully saturated rings. The molecular formula is C13H13Cl2NO3. The molecule has 0 bridgehead atoms. The number of aliphatic carboxylic acids is 1. The molecule has 0 aliphatic heterocycles. The average molecular weight is 302 g/mol. The van der Waals surface area contributed by atoms with E-state index >= 15 is 0 Å². The van der Waals surface area contributed by atoms with Crippen molar-refractivity contribution in [2.75, 3.05) is 0 Å². The van der Waals surface area contributed by atoms with E-state index in [0.29, 0.717) is 15.6 Å². The smallest absolute Gasteiger partial charge is 0.305 e. The van der Waals surface area contributed by atoms with Gasteiger partial charge in [-0.25, -0.2) is 0 Å². The topological polar surface area (TPSA) is 66.4 Å². The molecule has 4 nitrogen and oxygen atoms in total. The highest BCUT2D eigenvalue weighted by atomic mass is 35.5. The predicted molar refractivity (Wildman–Crippen MR) is 75.4 cm³/mol. The van der Waals surface area contributed by atoms with Crippen LogP contribution in [0.15, 0.2) is 24.3 Å². The Morgan fingerprint density at radius 3 is 2.74 bits per heavy atom. The minimum Gasteiger partial charge on any atom is -0.481 e. The lowest BCUT2D eigenvalue weighted by molar-refractivity contribution is -0.137. The van der Waals surface area contributed by atoms with Crippen LogP contribution in [0.25, 0.3) is 6.08 Å². The van der Waals surface area contributed by atoms with Crippen LogP contribution in [0, 0.1) is 0 Å². The zero-order valence-corrected chi connectivity index (χ0v) is 11.7. The lowest BCUT2D eigenvalue weighted by atomic mass is 10.2. The van der Waals surface area contributed by atoms with Crippen LogP contribution < -0.4 is 5.32 Å². The van der Waals surface area contributed by atoms with Crippen molar-refractivity contribution in [2.24, 2.45) is 0 Å². The van der Waals surface area contributed by atoms with Gasteiger partial charge in [-0.1, -0.05) is 35.3 Å². The maximum atomic E-state index is 11.5. The Hall–Kier alpha value is -1.52. The predicted octanol–water partition coefficient (Wildman–Crippen LogP) is 2.99. The van der Waals surface area contributed by atoms with Gasteiger partial charge in [0.1, 0.15) is 0 Å². The van der Waals surface area contributed by atoms with Gasteiger partial charge in [-0.3, -0.25) is 9.59 Å². The van der Waals surface area contributed by atoms with Crippen molar-refractivity contribution in [1.29, 1.82) is 0 Å². The Bertz CT molecular complexity index is 515. The van der Waals surface area contributed by atoms with Crippen molar-refractivity contribution < 1.29 is 14.7 Å². The van der Waals surface area contributed by atoms with Crippen molar-refractivity contribution in [3.63, 3.8) is 0 Å². The van der Waals surface area contributed by atoms with Gasteiger partial charge in [-0.15, -0.1) is 0 Å². The van der Waals surface area contributed by atoms with Gasteiger partial charge in [0.05, 0.1) is 16.5 Å². The monoisotopic (exact) mass is 301 g/mol. The minimum atomic E-state index is -0.963. The number of hydrogen-bond acceptors (Lipinski definition) is 2. The third-order valence-electron chi connectivity index (χ3n) is 2.27. The van der Waals surface area contributed by atoms with Gasteiger partial charge in [0, 0.05) is 12.1 Å². The molecule has 1 rings (SSSR count). The summed E-state index contributed by atoms with van der Waals surface area (Å²) < 4.78 is 0. The molecule has 0 aliphatic rings. The molecule has 0 heterocycles. The van der Waals surface area contributed by atoms with Gasteiger partial charge >= 0.3 is 5.97 Å². The molecule has 0 aliphatic carbocycles. The fourth-order valence-electron chi connectivity index (χ4n) is 1.42. The van der Waals surface area contributed by atoms with Crippen LogP contribution in [0.5, 0.6) is 0 Å². The van der Waals surface area contributed by atoms with E-state index in [-0.39, 0.29) is 12.3 Å². The standard InChI is InChI=1S/C13H13Cl2NO3/c1-8(7-12(18)19)16-11(17)6-5-9-3-2-4-10(14)13(9)15/h2-6,8H,7H2,1H3,(H,16,17)(H,18,19)/b6-5+. The Morgan fingerprint density at radius 2 is 2.11 bits per heavy atom. The second-order valence-electron chi connectivity index (χ2n) is 3.98. The van der Waals surface area contributed by atoms with Crippen LogP contribution in [0.3, 0.4) is 0 Å². The number of carboxylic acid groups (broad SMARTS) is 1. The number of carbonyl (C=O) groups is 2. The number of rotatable bonds is 5. The summed E-state index contributed by atoms with van der Waals surface area (Å²) in [5.74, 6) is -1.35. The lowest BCUT2D eigenvalue weighted by Crippen LogP contribution is -2.32. The van der Waals surface area contributed by atoms with Crippen LogP contribution >= 0.6 is 23.2 Å². The Morgan fingerprint density at radius 1 is 1.42 bits per heavy atom. The van der Waals surface area contributed by atoms with E-state index in [9.17, 15) is 9.59 Å². The van der Waals surface area contributed by atoms with Crippen molar-refractivity contribution >= 4 is 41.2 Å². The molecule has 1 aromatic rings. The SMILES string of the molecule is CC(CC(=O)O)NC(=O)/C=C/c1cccc(Cl)c1Cl. The fraction of sp³-hybridized carbons (Fsp3) is 0.231. The van der Waals surface area contributed by atoms with Gasteiger partial charge in [-0.05, 0) is 24.6 Å². The molecule has 0 aromatic heterocycles. The van der Waals surface area contributed by atoms with Crippen molar-refractivity contribution in [3.05, 3.63) is 39.9 Å². The van der Waals surface area contributed by atoms with Gasteiger partial charge in [0.25, 0.3) is 0 Å². The highest BCUT2D eigenvalue weighted by Crippen LogP contribution is 2.26. The van der Waals surface area contributed by atoms with Gasteiger partial charge in [0.15, 0.2) is 0 Å². The first-order valence-electron chi connectivity index (χ1n) is 5.54. The molecule has 1 unspecified atom stereocenters. The van der Waals surface area contributed by atoms with Crippen molar-refractivity contribution in [2.45, 2.75) is 19.4 Å². The first-order chi connectivity index (χ1) is 8.90. The summed E-state index contributed by atoms with van der Waals surface area (Å²) in [7, 11) is 0. The minimum absolute atomic E-state index is 0.127. The zero-order chi connectivity index (χ0) is 14.4. The average Bonchev–Trinajstić information content (AvgIpc) is 2.30. The Balaban J connectivity index is 2.63. The third-order valence-corrected chi connectivity index (χ3v) is 3.10. The summed E-state index contributed by atoms with van der Waals surface area (Å²) in [4.78, 5) is 22.0. The molecule has 0 saturated heterocycles. The van der Waals surface area contributed by atoms with E-state index in [1.165, 1.54) is 12.2 Å². The second kappa shape index (κ2) is 7.16. The molecular weight excluding hydrogens is 289 g/mol. The fourth-order valence-corrected chi connectivity index (χ4v) is 1.79. The van der Waals surface area contributed by atoms with E-state index in [0.717, 1.165) is 0 Å². The molecule has 19 heavy (non-hydrogen) atoms. The van der Waals surface area contributed by atoms with E-state index in [4.69, 9.17) is 28.3 Å². The molecule has 6 heteroatoms. The summed E-state index contributed by atoms with van der Waals surface area (Å²) in [6.07, 6.45) is 2.68. The number of carbonyl (C=O) groups excluding carboxylic acids is 1. The number of halogens is 2. The highest BCUT2D eigenvalue weighted by Gasteiger charge is 2.09. The van der Waals surface area contributed by atoms with Crippen LogP contribution in [0.2, 0.25) is 10.0 Å². The molecule has 0 saturated carbocycles. The zero-order valence-electron chi connectivity index (χ0n) is 10.2. The molecule has 2 N–H and O–H groups in total. The van der Waals surface area contributed by atoms with Gasteiger partial charge in [0.2, 0.25) is 5.91 Å². The first kappa shape index (κ1) is 15.5.